The van der Waals surface area contributed by atoms with Crippen molar-refractivity contribution in [1.82, 2.24) is 10.6 Å². The Morgan fingerprint density at radius 3 is 2.75 bits per heavy atom. The lowest BCUT2D eigenvalue weighted by molar-refractivity contribution is -0.142. The Balaban J connectivity index is 2.12. The Bertz CT molecular complexity index is 501. The molecule has 20 heavy (non-hydrogen) atoms. The zero-order valence-electron chi connectivity index (χ0n) is 10.9. The third-order valence-electron chi connectivity index (χ3n) is 3.42. The van der Waals surface area contributed by atoms with Crippen molar-refractivity contribution in [2.45, 2.75) is 18.9 Å². The van der Waals surface area contributed by atoms with Gasteiger partial charge in [0.05, 0.1) is 5.92 Å². The minimum atomic E-state index is -1.12. The van der Waals surface area contributed by atoms with Crippen LogP contribution >= 0.6 is 11.6 Å². The molecule has 1 saturated heterocycles. The molecule has 0 aliphatic carbocycles. The number of carbonyl (C=O) groups excluding carboxylic acids is 1. The van der Waals surface area contributed by atoms with E-state index in [0.717, 1.165) is 19.4 Å². The normalized spacial score (nSPS) is 20.1. The van der Waals surface area contributed by atoms with Crippen LogP contribution in [0.1, 0.15) is 24.4 Å². The summed E-state index contributed by atoms with van der Waals surface area (Å²) in [5.41, 5.74) is 0.402. The number of halogens is 1. The summed E-state index contributed by atoms with van der Waals surface area (Å²) in [6.07, 6.45) is 1.69. The number of carboxylic acid groups (broad SMARTS) is 1. The molecule has 1 amide bonds. The maximum atomic E-state index is 12.1. The molecule has 0 radical (unpaired) electrons. The van der Waals surface area contributed by atoms with E-state index in [9.17, 15) is 14.7 Å². The van der Waals surface area contributed by atoms with Gasteiger partial charge in [0.1, 0.15) is 0 Å². The van der Waals surface area contributed by atoms with E-state index in [0.29, 0.717) is 17.1 Å². The smallest absolute Gasteiger partial charge is 0.330 e. The number of benzene rings is 1. The summed E-state index contributed by atoms with van der Waals surface area (Å²) in [6.45, 7) is 1.48. The molecule has 0 unspecified atom stereocenters. The summed E-state index contributed by atoms with van der Waals surface area (Å²) in [7, 11) is 0. The molecule has 6 heteroatoms. The van der Waals surface area contributed by atoms with Gasteiger partial charge in [0.25, 0.3) is 0 Å². The van der Waals surface area contributed by atoms with Crippen molar-refractivity contribution in [1.29, 1.82) is 0 Å². The third-order valence-corrected chi connectivity index (χ3v) is 3.76. The van der Waals surface area contributed by atoms with Crippen LogP contribution in [-0.4, -0.2) is 30.1 Å². The van der Waals surface area contributed by atoms with Crippen LogP contribution in [0.25, 0.3) is 0 Å². The van der Waals surface area contributed by atoms with E-state index in [1.165, 1.54) is 0 Å². The highest BCUT2D eigenvalue weighted by Crippen LogP contribution is 2.23. The first-order valence-corrected chi connectivity index (χ1v) is 6.95. The second-order valence-electron chi connectivity index (χ2n) is 4.84. The van der Waals surface area contributed by atoms with E-state index in [-0.39, 0.29) is 11.8 Å². The van der Waals surface area contributed by atoms with Crippen molar-refractivity contribution in [2.24, 2.45) is 5.92 Å². The number of rotatable bonds is 4. The molecular weight excluding hydrogens is 280 g/mol. The van der Waals surface area contributed by atoms with Gasteiger partial charge < -0.3 is 15.7 Å². The van der Waals surface area contributed by atoms with E-state index in [1.54, 1.807) is 24.3 Å². The van der Waals surface area contributed by atoms with Crippen molar-refractivity contribution >= 4 is 23.5 Å². The maximum absolute atomic E-state index is 12.1. The van der Waals surface area contributed by atoms with E-state index in [2.05, 4.69) is 10.6 Å². The van der Waals surface area contributed by atoms with Gasteiger partial charge in [-0.2, -0.15) is 0 Å². The molecule has 1 aromatic rings. The summed E-state index contributed by atoms with van der Waals surface area (Å²) in [5, 5.41) is 15.4. The second kappa shape index (κ2) is 6.72. The third kappa shape index (κ3) is 3.49. The van der Waals surface area contributed by atoms with E-state index >= 15 is 0 Å². The topological polar surface area (TPSA) is 78.4 Å². The largest absolute Gasteiger partial charge is 0.479 e. The van der Waals surface area contributed by atoms with Crippen LogP contribution < -0.4 is 10.6 Å². The molecule has 1 aromatic carbocycles. The molecule has 2 rings (SSSR count). The lowest BCUT2D eigenvalue weighted by Gasteiger charge is -2.24. The van der Waals surface area contributed by atoms with Gasteiger partial charge in [-0.05, 0) is 25.5 Å². The first-order chi connectivity index (χ1) is 9.59. The molecule has 0 bridgehead atoms. The molecule has 2 atom stereocenters. The fourth-order valence-corrected chi connectivity index (χ4v) is 2.56. The summed E-state index contributed by atoms with van der Waals surface area (Å²) >= 11 is 6.01. The van der Waals surface area contributed by atoms with Gasteiger partial charge in [-0.25, -0.2) is 4.79 Å². The van der Waals surface area contributed by atoms with Gasteiger partial charge in [0.2, 0.25) is 5.91 Å². The molecule has 1 fully saturated rings. The summed E-state index contributed by atoms with van der Waals surface area (Å²) < 4.78 is 0. The molecule has 108 valence electrons. The Kier molecular flexibility index (Phi) is 4.98. The van der Waals surface area contributed by atoms with Crippen LogP contribution in [0.5, 0.6) is 0 Å². The minimum absolute atomic E-state index is 0.187. The van der Waals surface area contributed by atoms with Crippen LogP contribution in [0.4, 0.5) is 0 Å². The van der Waals surface area contributed by atoms with Crippen LogP contribution in [0.15, 0.2) is 24.3 Å². The monoisotopic (exact) mass is 296 g/mol. The van der Waals surface area contributed by atoms with E-state index < -0.39 is 12.0 Å². The van der Waals surface area contributed by atoms with Gasteiger partial charge in [-0.3, -0.25) is 4.79 Å². The average Bonchev–Trinajstić information content (AvgIpc) is 2.46. The average molecular weight is 297 g/mol. The van der Waals surface area contributed by atoms with Crippen molar-refractivity contribution in [3.8, 4) is 0 Å². The standard InChI is InChI=1S/C14H17ClN2O3/c15-11-6-2-1-5-10(11)12(14(19)20)17-13(18)9-4-3-7-16-8-9/h1-2,5-6,9,12,16H,3-4,7-8H2,(H,17,18)(H,19,20)/t9-,12-/m1/s1. The SMILES string of the molecule is O=C(N[C@@H](C(=O)O)c1ccccc1Cl)[C@@H]1CCCNC1. The van der Waals surface area contributed by atoms with Crippen LogP contribution in [0.3, 0.4) is 0 Å². The number of hydrogen-bond donors (Lipinski definition) is 3. The molecule has 0 spiro atoms. The first kappa shape index (κ1) is 14.8. The Morgan fingerprint density at radius 2 is 2.15 bits per heavy atom. The summed E-state index contributed by atoms with van der Waals surface area (Å²) in [5.74, 6) is -1.55. The predicted molar refractivity (Wildman–Crippen MR) is 75.6 cm³/mol. The van der Waals surface area contributed by atoms with Crippen LogP contribution in [0, 0.1) is 5.92 Å². The molecule has 0 saturated carbocycles. The van der Waals surface area contributed by atoms with Crippen LogP contribution in [-0.2, 0) is 9.59 Å². The molecule has 1 aliphatic rings. The van der Waals surface area contributed by atoms with Crippen molar-refractivity contribution in [3.05, 3.63) is 34.9 Å². The Morgan fingerprint density at radius 1 is 1.40 bits per heavy atom. The predicted octanol–water partition coefficient (Wildman–Crippen LogP) is 1.58. The number of nitrogens with one attached hydrogen (secondary N) is 2. The molecule has 0 aromatic heterocycles. The van der Waals surface area contributed by atoms with Gasteiger partial charge >= 0.3 is 5.97 Å². The lowest BCUT2D eigenvalue weighted by Crippen LogP contribution is -2.43. The second-order valence-corrected chi connectivity index (χ2v) is 5.25. The lowest BCUT2D eigenvalue weighted by atomic mass is 9.97. The van der Waals surface area contributed by atoms with E-state index in [1.807, 2.05) is 0 Å². The number of amides is 1. The number of carbonyl (C=O) groups is 2. The van der Waals surface area contributed by atoms with E-state index in [4.69, 9.17) is 11.6 Å². The molecule has 3 N–H and O–H groups in total. The van der Waals surface area contributed by atoms with Crippen molar-refractivity contribution in [3.63, 3.8) is 0 Å². The molecule has 5 nitrogen and oxygen atoms in total. The highest BCUT2D eigenvalue weighted by molar-refractivity contribution is 6.31. The number of piperidine rings is 1. The first-order valence-electron chi connectivity index (χ1n) is 6.58. The van der Waals surface area contributed by atoms with Crippen molar-refractivity contribution in [2.75, 3.05) is 13.1 Å². The fourth-order valence-electron chi connectivity index (χ4n) is 2.32. The Hall–Kier alpha value is -1.59. The summed E-state index contributed by atoms with van der Waals surface area (Å²) in [4.78, 5) is 23.5. The number of aliphatic carboxylic acids is 1. The quantitative estimate of drug-likeness (QED) is 0.788. The molecular formula is C14H17ClN2O3. The number of carboxylic acids is 1. The van der Waals surface area contributed by atoms with Gasteiger partial charge in [-0.15, -0.1) is 0 Å². The van der Waals surface area contributed by atoms with Gasteiger partial charge in [-0.1, -0.05) is 29.8 Å². The van der Waals surface area contributed by atoms with Crippen molar-refractivity contribution < 1.29 is 14.7 Å². The van der Waals surface area contributed by atoms with Gasteiger partial charge in [0, 0.05) is 17.1 Å². The fraction of sp³-hybridized carbons (Fsp3) is 0.429. The van der Waals surface area contributed by atoms with Crippen LogP contribution in [0.2, 0.25) is 5.02 Å². The zero-order chi connectivity index (χ0) is 14.5. The zero-order valence-corrected chi connectivity index (χ0v) is 11.7. The highest BCUT2D eigenvalue weighted by atomic mass is 35.5. The highest BCUT2D eigenvalue weighted by Gasteiger charge is 2.28. The minimum Gasteiger partial charge on any atom is -0.479 e. The Labute approximate surface area is 122 Å². The molecule has 1 aliphatic heterocycles. The van der Waals surface area contributed by atoms with Gasteiger partial charge in [0.15, 0.2) is 6.04 Å². The summed E-state index contributed by atoms with van der Waals surface area (Å²) in [6, 6.07) is 5.53. The molecule has 1 heterocycles. The maximum Gasteiger partial charge on any atom is 0.330 e. The number of hydrogen-bond acceptors (Lipinski definition) is 3.